The fraction of sp³-hybridized carbons (Fsp3) is 0.438. The third kappa shape index (κ3) is 2.59. The number of nitrogens with two attached hydrogens (primary N) is 1. The quantitative estimate of drug-likeness (QED) is 0.659. The van der Waals surface area contributed by atoms with Crippen molar-refractivity contribution in [3.05, 3.63) is 52.3 Å². The Morgan fingerprint density at radius 2 is 2.29 bits per heavy atom. The molecule has 3 N–H and O–H groups in total. The van der Waals surface area contributed by atoms with Crippen LogP contribution in [-0.2, 0) is 13.0 Å². The van der Waals surface area contributed by atoms with Gasteiger partial charge in [-0.1, -0.05) is 42.8 Å². The molecule has 0 spiro atoms. The normalized spacial score (nSPS) is 18.7. The van der Waals surface area contributed by atoms with Crippen molar-refractivity contribution in [2.24, 2.45) is 5.84 Å². The Balaban J connectivity index is 1.99. The van der Waals surface area contributed by atoms with Gasteiger partial charge in [0.1, 0.15) is 0 Å². The first kappa shape index (κ1) is 14.6. The number of nitrogens with zero attached hydrogens (tertiary/aromatic N) is 2. The molecule has 1 aliphatic carbocycles. The third-order valence-electron chi connectivity index (χ3n) is 4.32. The molecular weight excluding hydrogens is 284 g/mol. The molecule has 3 rings (SSSR count). The minimum absolute atomic E-state index is 0.00444. The maximum absolute atomic E-state index is 6.38. The number of fused-ring (bicyclic) bond motifs is 1. The van der Waals surface area contributed by atoms with Crippen LogP contribution in [0.4, 0.5) is 0 Å². The second-order valence-corrected chi connectivity index (χ2v) is 6.00. The van der Waals surface area contributed by atoms with Crippen molar-refractivity contribution >= 4 is 11.6 Å². The first-order valence-corrected chi connectivity index (χ1v) is 7.89. The number of hydrogen-bond acceptors (Lipinski definition) is 3. The lowest BCUT2D eigenvalue weighted by Gasteiger charge is -2.25. The average molecular weight is 305 g/mol. The predicted octanol–water partition coefficient (Wildman–Crippen LogP) is 3.18. The zero-order chi connectivity index (χ0) is 14.8. The Hall–Kier alpha value is -1.36. The maximum atomic E-state index is 6.38. The van der Waals surface area contributed by atoms with Crippen LogP contribution in [0.5, 0.6) is 0 Å². The maximum Gasteiger partial charge on any atom is 0.0834 e. The zero-order valence-electron chi connectivity index (χ0n) is 12.2. The highest BCUT2D eigenvalue weighted by Crippen LogP contribution is 2.42. The van der Waals surface area contributed by atoms with Crippen molar-refractivity contribution in [3.63, 3.8) is 0 Å². The third-order valence-corrected chi connectivity index (χ3v) is 4.62. The molecule has 1 aromatic heterocycles. The molecule has 0 saturated carbocycles. The van der Waals surface area contributed by atoms with Gasteiger partial charge in [0.05, 0.1) is 23.0 Å². The summed E-state index contributed by atoms with van der Waals surface area (Å²) in [4.78, 5) is 0. The molecule has 1 aliphatic rings. The fourth-order valence-corrected chi connectivity index (χ4v) is 3.65. The van der Waals surface area contributed by atoms with Crippen LogP contribution in [0.1, 0.15) is 48.5 Å². The van der Waals surface area contributed by atoms with E-state index in [-0.39, 0.29) is 6.04 Å². The highest BCUT2D eigenvalue weighted by atomic mass is 35.5. The molecule has 0 saturated heterocycles. The van der Waals surface area contributed by atoms with E-state index in [1.165, 1.54) is 11.1 Å². The van der Waals surface area contributed by atoms with Gasteiger partial charge in [-0.3, -0.25) is 16.0 Å². The van der Waals surface area contributed by atoms with Crippen LogP contribution in [0.25, 0.3) is 0 Å². The number of halogens is 1. The van der Waals surface area contributed by atoms with Gasteiger partial charge in [0, 0.05) is 12.5 Å². The van der Waals surface area contributed by atoms with Gasteiger partial charge in [0.25, 0.3) is 0 Å². The number of hydrogen-bond donors (Lipinski definition) is 2. The summed E-state index contributed by atoms with van der Waals surface area (Å²) in [7, 11) is 0. The fourth-order valence-electron chi connectivity index (χ4n) is 3.39. The molecule has 112 valence electrons. The Morgan fingerprint density at radius 1 is 1.48 bits per heavy atom. The first-order chi connectivity index (χ1) is 10.3. The SMILES string of the molecule is CCCn1ncc(Cl)c1C(NN)C1CCc2ccccc21. The van der Waals surface area contributed by atoms with Gasteiger partial charge in [-0.25, -0.2) is 0 Å². The van der Waals surface area contributed by atoms with Crippen molar-refractivity contribution in [3.8, 4) is 0 Å². The zero-order valence-corrected chi connectivity index (χ0v) is 13.0. The van der Waals surface area contributed by atoms with Crippen molar-refractivity contribution < 1.29 is 0 Å². The molecule has 1 heterocycles. The average Bonchev–Trinajstić information content (AvgIpc) is 3.07. The second-order valence-electron chi connectivity index (χ2n) is 5.59. The Morgan fingerprint density at radius 3 is 3.05 bits per heavy atom. The van der Waals surface area contributed by atoms with E-state index in [0.29, 0.717) is 10.9 Å². The molecule has 4 nitrogen and oxygen atoms in total. The van der Waals surface area contributed by atoms with Crippen molar-refractivity contribution in [1.29, 1.82) is 0 Å². The summed E-state index contributed by atoms with van der Waals surface area (Å²) >= 11 is 6.38. The molecule has 0 fully saturated rings. The van der Waals surface area contributed by atoms with E-state index < -0.39 is 0 Å². The van der Waals surface area contributed by atoms with Crippen molar-refractivity contribution in [2.75, 3.05) is 0 Å². The molecule has 2 aromatic rings. The van der Waals surface area contributed by atoms with E-state index in [9.17, 15) is 0 Å². The number of hydrazine groups is 1. The van der Waals surface area contributed by atoms with Crippen LogP contribution in [0, 0.1) is 0 Å². The lowest BCUT2D eigenvalue weighted by Crippen LogP contribution is -2.34. The Labute approximate surface area is 130 Å². The van der Waals surface area contributed by atoms with Crippen LogP contribution in [0.3, 0.4) is 0 Å². The summed E-state index contributed by atoms with van der Waals surface area (Å²) in [6.07, 6.45) is 4.92. The van der Waals surface area contributed by atoms with Crippen molar-refractivity contribution in [2.45, 2.75) is 44.7 Å². The number of aromatic nitrogens is 2. The number of rotatable bonds is 5. The lowest BCUT2D eigenvalue weighted by molar-refractivity contribution is 0.413. The lowest BCUT2D eigenvalue weighted by atomic mass is 9.91. The van der Waals surface area contributed by atoms with E-state index in [0.717, 1.165) is 31.5 Å². The second kappa shape index (κ2) is 6.18. The summed E-state index contributed by atoms with van der Waals surface area (Å²) < 4.78 is 1.98. The van der Waals surface area contributed by atoms with Gasteiger partial charge in [-0.15, -0.1) is 0 Å². The molecule has 5 heteroatoms. The summed E-state index contributed by atoms with van der Waals surface area (Å²) in [6.45, 7) is 2.99. The molecule has 0 bridgehead atoms. The van der Waals surface area contributed by atoms with Crippen LogP contribution in [-0.4, -0.2) is 9.78 Å². The van der Waals surface area contributed by atoms with Gasteiger partial charge in [-0.2, -0.15) is 5.10 Å². The first-order valence-electron chi connectivity index (χ1n) is 7.51. The van der Waals surface area contributed by atoms with Crippen LogP contribution >= 0.6 is 11.6 Å². The van der Waals surface area contributed by atoms with Gasteiger partial charge >= 0.3 is 0 Å². The number of nitrogens with one attached hydrogen (secondary N) is 1. The van der Waals surface area contributed by atoms with E-state index in [4.69, 9.17) is 17.4 Å². The Kier molecular flexibility index (Phi) is 4.29. The summed E-state index contributed by atoms with van der Waals surface area (Å²) in [5.41, 5.74) is 6.78. The van der Waals surface area contributed by atoms with Crippen molar-refractivity contribution in [1.82, 2.24) is 15.2 Å². The van der Waals surface area contributed by atoms with Gasteiger partial charge in [0.2, 0.25) is 0 Å². The van der Waals surface area contributed by atoms with Gasteiger partial charge in [0.15, 0.2) is 0 Å². The number of benzene rings is 1. The minimum Gasteiger partial charge on any atom is -0.271 e. The standard InChI is InChI=1S/C16H21ClN4/c1-2-9-21-16(14(17)10-19-21)15(20-18)13-8-7-11-5-3-4-6-12(11)13/h3-6,10,13,15,20H,2,7-9,18H2,1H3. The topological polar surface area (TPSA) is 55.9 Å². The molecule has 0 aliphatic heterocycles. The molecule has 0 amide bonds. The van der Waals surface area contributed by atoms with E-state index >= 15 is 0 Å². The van der Waals surface area contributed by atoms with Crippen LogP contribution in [0.2, 0.25) is 5.02 Å². The predicted molar refractivity (Wildman–Crippen MR) is 85.1 cm³/mol. The summed E-state index contributed by atoms with van der Waals surface area (Å²) in [5, 5.41) is 5.08. The molecule has 1 aromatic carbocycles. The highest BCUT2D eigenvalue weighted by molar-refractivity contribution is 6.31. The minimum atomic E-state index is -0.00444. The van der Waals surface area contributed by atoms with Gasteiger partial charge < -0.3 is 0 Å². The van der Waals surface area contributed by atoms with E-state index in [1.54, 1.807) is 6.20 Å². The number of aryl methyl sites for hydroxylation is 2. The smallest absolute Gasteiger partial charge is 0.0834 e. The van der Waals surface area contributed by atoms with Gasteiger partial charge in [-0.05, 0) is 30.4 Å². The monoisotopic (exact) mass is 304 g/mol. The van der Waals surface area contributed by atoms with E-state index in [2.05, 4.69) is 41.7 Å². The van der Waals surface area contributed by atoms with Crippen LogP contribution in [0.15, 0.2) is 30.5 Å². The molecule has 2 unspecified atom stereocenters. The molecule has 0 radical (unpaired) electrons. The summed E-state index contributed by atoms with van der Waals surface area (Å²) in [6, 6.07) is 8.59. The molecule has 2 atom stereocenters. The van der Waals surface area contributed by atoms with E-state index in [1.807, 2.05) is 4.68 Å². The Bertz CT molecular complexity index is 622. The van der Waals surface area contributed by atoms with Crippen LogP contribution < -0.4 is 11.3 Å². The molecular formula is C16H21ClN4. The highest BCUT2D eigenvalue weighted by Gasteiger charge is 2.33. The molecule has 21 heavy (non-hydrogen) atoms. The summed E-state index contributed by atoms with van der Waals surface area (Å²) in [5.74, 6) is 6.23. The largest absolute Gasteiger partial charge is 0.271 e.